The highest BCUT2D eigenvalue weighted by Crippen LogP contribution is 2.24. The Hall–Kier alpha value is -0.710. The topological polar surface area (TPSA) is 66.4 Å². The van der Waals surface area contributed by atoms with Crippen molar-refractivity contribution in [1.29, 1.82) is 0 Å². The summed E-state index contributed by atoms with van der Waals surface area (Å²) in [7, 11) is 0. The summed E-state index contributed by atoms with van der Waals surface area (Å²) in [5.41, 5.74) is 0. The lowest BCUT2D eigenvalue weighted by molar-refractivity contribution is -0.138. The first-order valence-corrected chi connectivity index (χ1v) is 6.32. The quantitative estimate of drug-likeness (QED) is 0.750. The van der Waals surface area contributed by atoms with Gasteiger partial charge in [0.2, 0.25) is 5.91 Å². The van der Waals surface area contributed by atoms with Crippen LogP contribution in [0.3, 0.4) is 0 Å². The molecule has 0 aliphatic rings. The summed E-state index contributed by atoms with van der Waals surface area (Å²) in [6.07, 6.45) is 0. The van der Waals surface area contributed by atoms with Crippen LogP contribution in [-0.4, -0.2) is 33.5 Å². The lowest BCUT2D eigenvalue weighted by atomic mass is 10.1. The summed E-state index contributed by atoms with van der Waals surface area (Å²) in [6, 6.07) is 0.112. The van der Waals surface area contributed by atoms with Crippen molar-refractivity contribution in [1.82, 2.24) is 5.32 Å². The van der Waals surface area contributed by atoms with Crippen LogP contribution in [0, 0.1) is 5.92 Å². The van der Waals surface area contributed by atoms with Crippen molar-refractivity contribution in [3.05, 3.63) is 0 Å². The minimum absolute atomic E-state index is 0.111. The van der Waals surface area contributed by atoms with Crippen molar-refractivity contribution in [3.8, 4) is 0 Å². The Bertz CT molecular complexity index is 264. The molecule has 0 radical (unpaired) electrons. The zero-order chi connectivity index (χ0) is 12.9. The minimum atomic E-state index is -0.918. The second-order valence-electron chi connectivity index (χ2n) is 4.70. The van der Waals surface area contributed by atoms with E-state index in [-0.39, 0.29) is 17.7 Å². The van der Waals surface area contributed by atoms with Crippen LogP contribution in [0.5, 0.6) is 0 Å². The standard InChI is InChI=1S/C11H21NO3S/c1-7(2)8(3)12-9(13)6-16-11(4,5)10(14)15/h7-8H,6H2,1-5H3,(H,12,13)(H,14,15). The van der Waals surface area contributed by atoms with E-state index < -0.39 is 10.7 Å². The molecule has 1 amide bonds. The van der Waals surface area contributed by atoms with E-state index in [0.717, 1.165) is 11.8 Å². The van der Waals surface area contributed by atoms with Crippen molar-refractivity contribution >= 4 is 23.6 Å². The molecule has 0 aliphatic heterocycles. The number of carbonyl (C=O) groups is 2. The molecule has 0 aromatic rings. The maximum atomic E-state index is 11.5. The predicted octanol–water partition coefficient (Wildman–Crippen LogP) is 1.74. The molecule has 94 valence electrons. The summed E-state index contributed by atoms with van der Waals surface area (Å²) < 4.78 is -0.918. The van der Waals surface area contributed by atoms with Gasteiger partial charge in [0.05, 0.1) is 5.75 Å². The fraction of sp³-hybridized carbons (Fsp3) is 0.818. The number of hydrogen-bond donors (Lipinski definition) is 2. The molecular formula is C11H21NO3S. The van der Waals surface area contributed by atoms with Crippen molar-refractivity contribution < 1.29 is 14.7 Å². The van der Waals surface area contributed by atoms with Crippen molar-refractivity contribution in [2.75, 3.05) is 5.75 Å². The van der Waals surface area contributed by atoms with Crippen LogP contribution < -0.4 is 5.32 Å². The average Bonchev–Trinajstić information content (AvgIpc) is 2.14. The average molecular weight is 247 g/mol. The Morgan fingerprint density at radius 2 is 1.81 bits per heavy atom. The number of rotatable bonds is 6. The summed E-state index contributed by atoms with van der Waals surface area (Å²) in [5.74, 6) is -0.458. The number of hydrogen-bond acceptors (Lipinski definition) is 3. The van der Waals surface area contributed by atoms with E-state index in [0.29, 0.717) is 5.92 Å². The summed E-state index contributed by atoms with van der Waals surface area (Å²) in [5, 5.41) is 11.7. The molecule has 0 rings (SSSR count). The third-order valence-corrected chi connectivity index (χ3v) is 3.77. The Labute approximate surface area is 101 Å². The molecule has 1 unspecified atom stereocenters. The number of carboxylic acid groups (broad SMARTS) is 1. The molecule has 0 heterocycles. The van der Waals surface area contributed by atoms with Gasteiger partial charge in [-0.1, -0.05) is 13.8 Å². The molecule has 1 atom stereocenters. The summed E-state index contributed by atoms with van der Waals surface area (Å²) >= 11 is 1.14. The van der Waals surface area contributed by atoms with Gasteiger partial charge in [-0.25, -0.2) is 0 Å². The molecule has 0 spiro atoms. The van der Waals surface area contributed by atoms with Gasteiger partial charge in [-0.3, -0.25) is 9.59 Å². The second-order valence-corrected chi connectivity index (χ2v) is 6.30. The Morgan fingerprint density at radius 3 is 2.19 bits per heavy atom. The number of carbonyl (C=O) groups excluding carboxylic acids is 1. The molecule has 0 aromatic carbocycles. The molecular weight excluding hydrogens is 226 g/mol. The summed E-state index contributed by atoms with van der Waals surface area (Å²) in [6.45, 7) is 9.19. The molecule has 0 saturated carbocycles. The smallest absolute Gasteiger partial charge is 0.319 e. The zero-order valence-electron chi connectivity index (χ0n) is 10.5. The first-order chi connectivity index (χ1) is 7.16. The van der Waals surface area contributed by atoms with Crippen molar-refractivity contribution in [3.63, 3.8) is 0 Å². The Balaban J connectivity index is 4.04. The first kappa shape index (κ1) is 15.3. The van der Waals surface area contributed by atoms with Crippen LogP contribution in [0.25, 0.3) is 0 Å². The Kier molecular flexibility index (Phi) is 5.86. The van der Waals surface area contributed by atoms with E-state index in [9.17, 15) is 9.59 Å². The highest BCUT2D eigenvalue weighted by molar-refractivity contribution is 8.01. The van der Waals surface area contributed by atoms with E-state index >= 15 is 0 Å². The maximum Gasteiger partial charge on any atom is 0.319 e. The fourth-order valence-electron chi connectivity index (χ4n) is 0.770. The number of aliphatic carboxylic acids is 1. The maximum absolute atomic E-state index is 11.5. The van der Waals surface area contributed by atoms with Gasteiger partial charge in [-0.05, 0) is 26.7 Å². The molecule has 5 heteroatoms. The SMILES string of the molecule is CC(C)C(C)NC(=O)CSC(C)(C)C(=O)O. The molecule has 0 aromatic heterocycles. The molecule has 4 nitrogen and oxygen atoms in total. The minimum Gasteiger partial charge on any atom is -0.480 e. The van der Waals surface area contributed by atoms with Crippen LogP contribution in [0.2, 0.25) is 0 Å². The second kappa shape index (κ2) is 6.13. The number of carboxylic acids is 1. The van der Waals surface area contributed by atoms with Gasteiger partial charge in [0.1, 0.15) is 4.75 Å². The van der Waals surface area contributed by atoms with Gasteiger partial charge >= 0.3 is 5.97 Å². The lowest BCUT2D eigenvalue weighted by Gasteiger charge is -2.20. The summed E-state index contributed by atoms with van der Waals surface area (Å²) in [4.78, 5) is 22.3. The van der Waals surface area contributed by atoms with Gasteiger partial charge < -0.3 is 10.4 Å². The van der Waals surface area contributed by atoms with Gasteiger partial charge in [0.25, 0.3) is 0 Å². The van der Waals surface area contributed by atoms with Crippen molar-refractivity contribution in [2.24, 2.45) is 5.92 Å². The predicted molar refractivity (Wildman–Crippen MR) is 66.6 cm³/mol. The largest absolute Gasteiger partial charge is 0.480 e. The molecule has 2 N–H and O–H groups in total. The zero-order valence-corrected chi connectivity index (χ0v) is 11.4. The van der Waals surface area contributed by atoms with Gasteiger partial charge in [0, 0.05) is 6.04 Å². The van der Waals surface area contributed by atoms with Crippen molar-refractivity contribution in [2.45, 2.75) is 45.4 Å². The molecule has 0 saturated heterocycles. The number of amides is 1. The van der Waals surface area contributed by atoms with Crippen LogP contribution in [-0.2, 0) is 9.59 Å². The highest BCUT2D eigenvalue weighted by atomic mass is 32.2. The lowest BCUT2D eigenvalue weighted by Crippen LogP contribution is -2.38. The fourth-order valence-corrected chi connectivity index (χ4v) is 1.47. The Morgan fingerprint density at radius 1 is 1.31 bits per heavy atom. The van der Waals surface area contributed by atoms with Crippen LogP contribution >= 0.6 is 11.8 Å². The van der Waals surface area contributed by atoms with Gasteiger partial charge in [0.15, 0.2) is 0 Å². The van der Waals surface area contributed by atoms with Gasteiger partial charge in [-0.15, -0.1) is 11.8 Å². The van der Waals surface area contributed by atoms with Gasteiger partial charge in [-0.2, -0.15) is 0 Å². The van der Waals surface area contributed by atoms with E-state index in [1.165, 1.54) is 0 Å². The molecule has 16 heavy (non-hydrogen) atoms. The first-order valence-electron chi connectivity index (χ1n) is 5.33. The number of thioether (sulfide) groups is 1. The number of nitrogens with one attached hydrogen (secondary N) is 1. The van der Waals surface area contributed by atoms with E-state index in [2.05, 4.69) is 5.32 Å². The molecule has 0 fully saturated rings. The monoisotopic (exact) mass is 247 g/mol. The van der Waals surface area contributed by atoms with Crippen LogP contribution in [0.1, 0.15) is 34.6 Å². The third-order valence-electron chi connectivity index (χ3n) is 2.47. The third kappa shape index (κ3) is 5.39. The van der Waals surface area contributed by atoms with E-state index in [4.69, 9.17) is 5.11 Å². The van der Waals surface area contributed by atoms with Crippen LogP contribution in [0.15, 0.2) is 0 Å². The van der Waals surface area contributed by atoms with E-state index in [1.807, 2.05) is 20.8 Å². The highest BCUT2D eigenvalue weighted by Gasteiger charge is 2.28. The van der Waals surface area contributed by atoms with Crippen LogP contribution in [0.4, 0.5) is 0 Å². The molecule has 0 aliphatic carbocycles. The molecule has 0 bridgehead atoms. The van der Waals surface area contributed by atoms with E-state index in [1.54, 1.807) is 13.8 Å². The normalized spacial score (nSPS) is 13.6.